The van der Waals surface area contributed by atoms with Gasteiger partial charge in [0.05, 0.1) is 26.4 Å². The van der Waals surface area contributed by atoms with Crippen LogP contribution < -0.4 is 0 Å². The van der Waals surface area contributed by atoms with Gasteiger partial charge in [-0.05, 0) is 37.5 Å². The molecule has 0 aromatic rings. The predicted molar refractivity (Wildman–Crippen MR) is 400 cm³/mol. The topological polar surface area (TPSA) is 237 Å². The Hall–Kier alpha value is -1.94. The molecule has 0 fully saturated rings. The lowest BCUT2D eigenvalue weighted by Gasteiger charge is -2.21. The summed E-state index contributed by atoms with van der Waals surface area (Å²) in [6.45, 7) is 9.60. The average molecular weight is 1440 g/mol. The molecule has 17 nitrogen and oxygen atoms in total. The Labute approximate surface area is 600 Å². The van der Waals surface area contributed by atoms with E-state index in [1.165, 1.54) is 218 Å². The SMILES string of the molecule is CCCCCCCCCCCCCCCCCCCCCCC(=O)O[C@H](COC(=O)CCCCCCCCCCCCCCCCC(C)C)COP(=O)(O)OC[C@@H](O)COP(=O)(O)OC[C@@H](COC(=O)CCCCCCCCC)OC(=O)CCCCCCCCCCCCCC(C)C. The summed E-state index contributed by atoms with van der Waals surface area (Å²) in [4.78, 5) is 72.8. The Morgan fingerprint density at radius 3 is 0.694 bits per heavy atom. The highest BCUT2D eigenvalue weighted by molar-refractivity contribution is 7.47. The number of phosphoric ester groups is 2. The Balaban J connectivity index is 5.18. The van der Waals surface area contributed by atoms with Gasteiger partial charge in [0.1, 0.15) is 19.3 Å². The van der Waals surface area contributed by atoms with E-state index in [9.17, 15) is 43.2 Å². The fourth-order valence-electron chi connectivity index (χ4n) is 12.2. The summed E-state index contributed by atoms with van der Waals surface area (Å²) in [6.07, 6.45) is 59.9. The molecule has 0 radical (unpaired) electrons. The highest BCUT2D eigenvalue weighted by Gasteiger charge is 2.30. The zero-order valence-corrected chi connectivity index (χ0v) is 65.9. The molecule has 3 N–H and O–H groups in total. The first-order valence-corrected chi connectivity index (χ1v) is 44.0. The first kappa shape index (κ1) is 96.1. The number of esters is 4. The van der Waals surface area contributed by atoms with E-state index in [-0.39, 0.29) is 25.7 Å². The molecule has 0 heterocycles. The van der Waals surface area contributed by atoms with Crippen molar-refractivity contribution in [3.8, 4) is 0 Å². The van der Waals surface area contributed by atoms with Gasteiger partial charge in [-0.3, -0.25) is 37.3 Å². The smallest absolute Gasteiger partial charge is 0.462 e. The predicted octanol–water partition coefficient (Wildman–Crippen LogP) is 23.5. The summed E-state index contributed by atoms with van der Waals surface area (Å²) in [7, 11) is -9.91. The zero-order chi connectivity index (χ0) is 72.1. The van der Waals surface area contributed by atoms with E-state index in [4.69, 9.17) is 37.0 Å². The van der Waals surface area contributed by atoms with E-state index in [2.05, 4.69) is 41.5 Å². The van der Waals surface area contributed by atoms with Gasteiger partial charge in [0.2, 0.25) is 0 Å². The molecular formula is C79H154O17P2. The van der Waals surface area contributed by atoms with Gasteiger partial charge in [-0.15, -0.1) is 0 Å². The van der Waals surface area contributed by atoms with Gasteiger partial charge in [0.15, 0.2) is 12.2 Å². The number of aliphatic hydroxyl groups excluding tert-OH is 1. The van der Waals surface area contributed by atoms with Crippen molar-refractivity contribution in [2.75, 3.05) is 39.6 Å². The molecule has 98 heavy (non-hydrogen) atoms. The maximum atomic E-state index is 13.1. The molecule has 0 aliphatic rings. The van der Waals surface area contributed by atoms with Gasteiger partial charge in [0.25, 0.3) is 0 Å². The van der Waals surface area contributed by atoms with Crippen LogP contribution in [-0.4, -0.2) is 96.7 Å². The van der Waals surface area contributed by atoms with Crippen molar-refractivity contribution in [2.24, 2.45) is 11.8 Å². The molecule has 0 amide bonds. The minimum atomic E-state index is -4.96. The van der Waals surface area contributed by atoms with Crippen LogP contribution in [0.4, 0.5) is 0 Å². The van der Waals surface area contributed by atoms with Crippen molar-refractivity contribution in [1.82, 2.24) is 0 Å². The normalized spacial score (nSPS) is 13.9. The van der Waals surface area contributed by atoms with Crippen LogP contribution in [0, 0.1) is 11.8 Å². The number of carbonyl (C=O) groups is 4. The fraction of sp³-hybridized carbons (Fsp3) is 0.949. The summed E-state index contributed by atoms with van der Waals surface area (Å²) in [5, 5.41) is 10.6. The molecule has 19 heteroatoms. The molecule has 0 bridgehead atoms. The summed E-state index contributed by atoms with van der Waals surface area (Å²) < 4.78 is 68.5. The lowest BCUT2D eigenvalue weighted by Crippen LogP contribution is -2.30. The van der Waals surface area contributed by atoms with Crippen LogP contribution in [0.3, 0.4) is 0 Å². The number of rotatable bonds is 78. The van der Waals surface area contributed by atoms with E-state index >= 15 is 0 Å². The van der Waals surface area contributed by atoms with Crippen LogP contribution in [0.5, 0.6) is 0 Å². The highest BCUT2D eigenvalue weighted by atomic mass is 31.2. The largest absolute Gasteiger partial charge is 0.472 e. The molecule has 5 atom stereocenters. The number of unbranched alkanes of at least 4 members (excludes halogenated alkanes) is 48. The van der Waals surface area contributed by atoms with E-state index in [0.29, 0.717) is 25.7 Å². The molecular weight excluding hydrogens is 1280 g/mol. The summed E-state index contributed by atoms with van der Waals surface area (Å²) >= 11 is 0. The second kappa shape index (κ2) is 70.7. The van der Waals surface area contributed by atoms with Crippen molar-refractivity contribution >= 4 is 39.5 Å². The van der Waals surface area contributed by atoms with Crippen molar-refractivity contribution in [3.63, 3.8) is 0 Å². The van der Waals surface area contributed by atoms with Gasteiger partial charge in [-0.2, -0.15) is 0 Å². The number of hydrogen-bond acceptors (Lipinski definition) is 15. The quantitative estimate of drug-likeness (QED) is 0.0222. The first-order valence-electron chi connectivity index (χ1n) is 41.0. The van der Waals surface area contributed by atoms with Gasteiger partial charge >= 0.3 is 39.5 Å². The maximum Gasteiger partial charge on any atom is 0.472 e. The Morgan fingerprint density at radius 2 is 0.469 bits per heavy atom. The average Bonchev–Trinajstić information content (AvgIpc) is 1.11. The number of ether oxygens (including phenoxy) is 4. The molecule has 0 saturated carbocycles. The number of phosphoric acid groups is 2. The molecule has 582 valence electrons. The number of aliphatic hydroxyl groups is 1. The highest BCUT2D eigenvalue weighted by Crippen LogP contribution is 2.45. The third kappa shape index (κ3) is 72.4. The van der Waals surface area contributed by atoms with Crippen molar-refractivity contribution in [2.45, 2.75) is 432 Å². The summed E-state index contributed by atoms with van der Waals surface area (Å²) in [5.74, 6) is -0.551. The Bertz CT molecular complexity index is 1890. The summed E-state index contributed by atoms with van der Waals surface area (Å²) in [5.41, 5.74) is 0. The van der Waals surface area contributed by atoms with Gasteiger partial charge < -0.3 is 33.8 Å². The lowest BCUT2D eigenvalue weighted by atomic mass is 10.0. The second-order valence-electron chi connectivity index (χ2n) is 29.4. The third-order valence-corrected chi connectivity index (χ3v) is 20.4. The van der Waals surface area contributed by atoms with Crippen molar-refractivity contribution in [3.05, 3.63) is 0 Å². The molecule has 0 aliphatic carbocycles. The molecule has 0 aromatic heterocycles. The zero-order valence-electron chi connectivity index (χ0n) is 64.1. The van der Waals surface area contributed by atoms with Crippen LogP contribution in [-0.2, 0) is 65.4 Å². The fourth-order valence-corrected chi connectivity index (χ4v) is 13.8. The van der Waals surface area contributed by atoms with E-state index < -0.39 is 97.5 Å². The maximum absolute atomic E-state index is 13.1. The van der Waals surface area contributed by atoms with Crippen LogP contribution in [0.15, 0.2) is 0 Å². The van der Waals surface area contributed by atoms with Crippen LogP contribution in [0.25, 0.3) is 0 Å². The Morgan fingerprint density at radius 1 is 0.276 bits per heavy atom. The third-order valence-electron chi connectivity index (χ3n) is 18.5. The van der Waals surface area contributed by atoms with E-state index in [1.807, 2.05) is 0 Å². The summed E-state index contributed by atoms with van der Waals surface area (Å²) in [6, 6.07) is 0. The van der Waals surface area contributed by atoms with Crippen LogP contribution in [0.1, 0.15) is 414 Å². The minimum Gasteiger partial charge on any atom is -0.462 e. The Kier molecular flexibility index (Phi) is 69.3. The standard InChI is InChI=1S/C79H154O17P2/c1-7-9-11-13-15-16-17-18-19-20-21-22-23-24-29-34-39-45-51-57-63-78(83)96-75(68-90-77(82)62-56-50-44-38-33-28-26-25-27-31-36-42-47-53-59-71(3)4)70-94-98(87,88)92-66-73(80)65-91-97(85,86)93-69-74(67-89-76(81)61-55-49-41-14-12-10-8-2)95-79(84)64-58-52-46-40-35-30-32-37-43-48-54-60-72(5)6/h71-75,80H,7-70H2,1-6H3,(H,85,86)(H,87,88)/t73-,74+,75+/m0/s1. The van der Waals surface area contributed by atoms with Crippen LogP contribution >= 0.6 is 15.6 Å². The molecule has 2 unspecified atom stereocenters. The minimum absolute atomic E-state index is 0.106. The molecule has 0 spiro atoms. The molecule has 0 aromatic carbocycles. The lowest BCUT2D eigenvalue weighted by molar-refractivity contribution is -0.161. The van der Waals surface area contributed by atoms with Gasteiger partial charge in [-0.25, -0.2) is 9.13 Å². The monoisotopic (exact) mass is 1440 g/mol. The molecule has 0 saturated heterocycles. The molecule has 0 aliphatic heterocycles. The van der Waals surface area contributed by atoms with Crippen molar-refractivity contribution in [1.29, 1.82) is 0 Å². The van der Waals surface area contributed by atoms with Gasteiger partial charge in [-0.1, -0.05) is 363 Å². The number of carbonyl (C=O) groups excluding carboxylic acids is 4. The second-order valence-corrected chi connectivity index (χ2v) is 32.3. The van der Waals surface area contributed by atoms with E-state index in [1.54, 1.807) is 0 Å². The first-order chi connectivity index (χ1) is 47.4. The number of hydrogen-bond donors (Lipinski definition) is 3. The van der Waals surface area contributed by atoms with E-state index in [0.717, 1.165) is 115 Å². The van der Waals surface area contributed by atoms with Gasteiger partial charge in [0, 0.05) is 25.7 Å². The van der Waals surface area contributed by atoms with Crippen molar-refractivity contribution < 1.29 is 80.2 Å². The van der Waals surface area contributed by atoms with Crippen LogP contribution in [0.2, 0.25) is 0 Å². The molecule has 0 rings (SSSR count).